The molecule has 10 nitrogen and oxygen atoms in total. The number of aryl methyl sites for hydroxylation is 1. The zero-order valence-electron chi connectivity index (χ0n) is 16.8. The van der Waals surface area contributed by atoms with Gasteiger partial charge in [0.25, 0.3) is 0 Å². The molecular formula is C19H27N5O5. The molecule has 2 aromatic rings. The van der Waals surface area contributed by atoms with Crippen LogP contribution in [0.2, 0.25) is 0 Å². The minimum atomic E-state index is -1.21. The average Bonchev–Trinajstić information content (AvgIpc) is 3.13. The Labute approximate surface area is 168 Å². The highest BCUT2D eigenvalue weighted by Crippen LogP contribution is 2.27. The fourth-order valence-corrected chi connectivity index (χ4v) is 3.54. The molecule has 0 bridgehead atoms. The Morgan fingerprint density at radius 3 is 2.76 bits per heavy atom. The molecule has 1 unspecified atom stereocenters. The molecule has 0 radical (unpaired) electrons. The molecule has 1 aliphatic heterocycles. The van der Waals surface area contributed by atoms with E-state index in [1.54, 1.807) is 0 Å². The van der Waals surface area contributed by atoms with E-state index in [1.807, 2.05) is 26.8 Å². The van der Waals surface area contributed by atoms with Crippen molar-refractivity contribution in [1.82, 2.24) is 20.0 Å². The van der Waals surface area contributed by atoms with E-state index in [2.05, 4.69) is 26.5 Å². The van der Waals surface area contributed by atoms with Crippen molar-refractivity contribution in [2.24, 2.45) is 0 Å². The van der Waals surface area contributed by atoms with Gasteiger partial charge in [0.15, 0.2) is 6.10 Å². The lowest BCUT2D eigenvalue weighted by atomic mass is 10.0. The maximum Gasteiger partial charge on any atom is 0.407 e. The molecule has 2 heterocycles. The summed E-state index contributed by atoms with van der Waals surface area (Å²) in [6.45, 7) is 7.96. The number of rotatable bonds is 6. The number of amides is 1. The van der Waals surface area contributed by atoms with Gasteiger partial charge in [0, 0.05) is 37.9 Å². The van der Waals surface area contributed by atoms with Gasteiger partial charge in [-0.3, -0.25) is 4.90 Å². The molecule has 29 heavy (non-hydrogen) atoms. The largest absolute Gasteiger partial charge is 0.465 e. The first-order valence-corrected chi connectivity index (χ1v) is 9.50. The molecule has 1 amide bonds. The lowest BCUT2D eigenvalue weighted by molar-refractivity contribution is 0.0710. The van der Waals surface area contributed by atoms with Crippen molar-refractivity contribution in [3.8, 4) is 0 Å². The van der Waals surface area contributed by atoms with Gasteiger partial charge in [-0.25, -0.2) is 4.79 Å². The number of nitrogens with zero attached hydrogens (tertiary/aromatic N) is 4. The van der Waals surface area contributed by atoms with Crippen LogP contribution in [0, 0.1) is 13.8 Å². The summed E-state index contributed by atoms with van der Waals surface area (Å²) >= 11 is 0. The summed E-state index contributed by atoms with van der Waals surface area (Å²) in [6.07, 6.45) is -2.08. The topological polar surface area (TPSA) is 135 Å². The Hall–Kier alpha value is -2.69. The number of carbonyl (C=O) groups is 1. The number of anilines is 2. The fourth-order valence-electron chi connectivity index (χ4n) is 3.54. The van der Waals surface area contributed by atoms with Crippen molar-refractivity contribution >= 4 is 17.8 Å². The van der Waals surface area contributed by atoms with Crippen LogP contribution in [0.5, 0.6) is 0 Å². The number of aliphatic hydroxyl groups is 2. The summed E-state index contributed by atoms with van der Waals surface area (Å²) in [5.74, 6) is -0.0502. The summed E-state index contributed by atoms with van der Waals surface area (Å²) in [5, 5.41) is 38.5. The molecule has 0 saturated carbocycles. The predicted octanol–water partition coefficient (Wildman–Crippen LogP) is 1.64. The number of aromatic nitrogens is 2. The summed E-state index contributed by atoms with van der Waals surface area (Å²) < 4.78 is 5.36. The monoisotopic (exact) mass is 405 g/mol. The molecule has 10 heteroatoms. The van der Waals surface area contributed by atoms with E-state index < -0.39 is 18.8 Å². The predicted molar refractivity (Wildman–Crippen MR) is 105 cm³/mol. The molecular weight excluding hydrogens is 378 g/mol. The Balaban J connectivity index is 1.74. The summed E-state index contributed by atoms with van der Waals surface area (Å²) in [7, 11) is 0. The summed E-state index contributed by atoms with van der Waals surface area (Å²) in [5.41, 5.74) is 4.01. The van der Waals surface area contributed by atoms with Gasteiger partial charge >= 0.3 is 12.1 Å². The van der Waals surface area contributed by atoms with Crippen LogP contribution in [-0.4, -0.2) is 73.7 Å². The lowest BCUT2D eigenvalue weighted by Gasteiger charge is -2.38. The van der Waals surface area contributed by atoms with Gasteiger partial charge in [-0.2, -0.15) is 0 Å². The SMILES string of the molecule is Cc1cc(CN2CCN(C(=O)O)[C@@H](C)C2)c(C)c(Nc2nnc(C(O)CO)o2)c1. The molecule has 0 spiro atoms. The first-order valence-electron chi connectivity index (χ1n) is 9.50. The van der Waals surface area contributed by atoms with Gasteiger partial charge in [-0.1, -0.05) is 11.2 Å². The molecule has 2 atom stereocenters. The highest BCUT2D eigenvalue weighted by atomic mass is 16.4. The van der Waals surface area contributed by atoms with E-state index in [0.717, 1.165) is 22.4 Å². The summed E-state index contributed by atoms with van der Waals surface area (Å²) in [4.78, 5) is 15.0. The second kappa shape index (κ2) is 8.76. The van der Waals surface area contributed by atoms with Crippen LogP contribution in [0.15, 0.2) is 16.5 Å². The van der Waals surface area contributed by atoms with E-state index in [-0.39, 0.29) is 17.9 Å². The van der Waals surface area contributed by atoms with E-state index >= 15 is 0 Å². The van der Waals surface area contributed by atoms with Gasteiger partial charge in [0.05, 0.1) is 6.61 Å². The molecule has 0 aliphatic carbocycles. The number of hydrogen-bond acceptors (Lipinski definition) is 8. The lowest BCUT2D eigenvalue weighted by Crippen LogP contribution is -2.53. The summed E-state index contributed by atoms with van der Waals surface area (Å²) in [6, 6.07) is 4.16. The van der Waals surface area contributed by atoms with Gasteiger partial charge in [0.1, 0.15) is 0 Å². The van der Waals surface area contributed by atoms with Crippen LogP contribution in [0.25, 0.3) is 0 Å². The van der Waals surface area contributed by atoms with Crippen LogP contribution in [0.1, 0.15) is 35.6 Å². The van der Waals surface area contributed by atoms with Crippen molar-refractivity contribution < 1.29 is 24.5 Å². The maximum atomic E-state index is 11.3. The highest BCUT2D eigenvalue weighted by molar-refractivity contribution is 5.65. The minimum absolute atomic E-state index is 0.0502. The number of hydrogen-bond donors (Lipinski definition) is 4. The highest BCUT2D eigenvalue weighted by Gasteiger charge is 2.27. The number of benzene rings is 1. The maximum absolute atomic E-state index is 11.3. The number of aliphatic hydroxyl groups excluding tert-OH is 2. The minimum Gasteiger partial charge on any atom is -0.465 e. The van der Waals surface area contributed by atoms with Crippen LogP contribution in [-0.2, 0) is 6.54 Å². The molecule has 3 rings (SSSR count). The fraction of sp³-hybridized carbons (Fsp3) is 0.526. The van der Waals surface area contributed by atoms with E-state index in [0.29, 0.717) is 26.2 Å². The van der Waals surface area contributed by atoms with Gasteiger partial charge in [-0.15, -0.1) is 5.10 Å². The number of piperazine rings is 1. The number of carboxylic acid groups (broad SMARTS) is 1. The van der Waals surface area contributed by atoms with Crippen molar-refractivity contribution in [2.45, 2.75) is 39.5 Å². The molecule has 1 aliphatic rings. The quantitative estimate of drug-likeness (QED) is 0.565. The van der Waals surface area contributed by atoms with Crippen molar-refractivity contribution in [3.05, 3.63) is 34.7 Å². The van der Waals surface area contributed by atoms with Gasteiger partial charge in [0.2, 0.25) is 5.89 Å². The Morgan fingerprint density at radius 2 is 2.10 bits per heavy atom. The molecule has 1 aromatic carbocycles. The number of nitrogens with one attached hydrogen (secondary N) is 1. The zero-order valence-corrected chi connectivity index (χ0v) is 16.8. The van der Waals surface area contributed by atoms with Gasteiger partial charge in [-0.05, 0) is 43.5 Å². The standard InChI is InChI=1S/C19H27N5O5/c1-11-6-14(9-23-4-5-24(19(27)28)12(2)8-23)13(3)15(7-11)20-18-22-21-17(29-18)16(26)10-25/h6-7,12,16,25-26H,4-5,8-10H2,1-3H3,(H,20,22)(H,27,28)/t12-,16?/m0/s1. The zero-order chi connectivity index (χ0) is 21.1. The Morgan fingerprint density at radius 1 is 1.34 bits per heavy atom. The molecule has 4 N–H and O–H groups in total. The van der Waals surface area contributed by atoms with E-state index in [1.165, 1.54) is 4.90 Å². The van der Waals surface area contributed by atoms with Crippen molar-refractivity contribution in [1.29, 1.82) is 0 Å². The first kappa shape index (κ1) is 21.0. The Bertz CT molecular complexity index is 871. The van der Waals surface area contributed by atoms with Crippen LogP contribution < -0.4 is 5.32 Å². The van der Waals surface area contributed by atoms with Crippen LogP contribution in [0.3, 0.4) is 0 Å². The second-order valence-corrected chi connectivity index (χ2v) is 7.43. The third-order valence-electron chi connectivity index (χ3n) is 5.15. The first-order chi connectivity index (χ1) is 13.8. The second-order valence-electron chi connectivity index (χ2n) is 7.43. The third-order valence-corrected chi connectivity index (χ3v) is 5.15. The van der Waals surface area contributed by atoms with Gasteiger partial charge < -0.3 is 30.0 Å². The molecule has 158 valence electrons. The van der Waals surface area contributed by atoms with E-state index in [9.17, 15) is 15.0 Å². The average molecular weight is 405 g/mol. The van der Waals surface area contributed by atoms with Crippen molar-refractivity contribution in [2.75, 3.05) is 31.6 Å². The Kier molecular flexibility index (Phi) is 6.36. The third kappa shape index (κ3) is 4.84. The van der Waals surface area contributed by atoms with E-state index in [4.69, 9.17) is 9.52 Å². The van der Waals surface area contributed by atoms with Crippen LogP contribution in [0.4, 0.5) is 16.5 Å². The molecule has 1 saturated heterocycles. The molecule has 1 aromatic heterocycles. The van der Waals surface area contributed by atoms with Crippen LogP contribution >= 0.6 is 0 Å². The molecule has 1 fully saturated rings. The van der Waals surface area contributed by atoms with Crippen molar-refractivity contribution in [3.63, 3.8) is 0 Å². The smallest absolute Gasteiger partial charge is 0.407 e. The normalized spacial score (nSPS) is 18.7.